The van der Waals surface area contributed by atoms with E-state index in [-0.39, 0.29) is 0 Å². The molecule has 0 bridgehead atoms. The van der Waals surface area contributed by atoms with Gasteiger partial charge >= 0.3 is 0 Å². The van der Waals surface area contributed by atoms with Crippen LogP contribution >= 0.6 is 11.6 Å². The smallest absolute Gasteiger partial charge is 0.221 e. The molecule has 1 aromatic carbocycles. The number of benzene rings is 1. The summed E-state index contributed by atoms with van der Waals surface area (Å²) in [5.41, 5.74) is 8.01. The summed E-state index contributed by atoms with van der Waals surface area (Å²) in [6.07, 6.45) is 1.44. The van der Waals surface area contributed by atoms with Crippen LogP contribution in [0.2, 0.25) is 5.02 Å². The molecular formula is C12H12ClN3O. The fourth-order valence-electron chi connectivity index (χ4n) is 1.64. The maximum Gasteiger partial charge on any atom is 0.221 e. The molecule has 4 nitrogen and oxygen atoms in total. The predicted octanol–water partition coefficient (Wildman–Crippen LogP) is 2.26. The maximum atomic E-state index is 6.14. The predicted molar refractivity (Wildman–Crippen MR) is 66.9 cm³/mol. The second kappa shape index (κ2) is 5.12. The molecule has 2 aromatic rings. The molecule has 2 rings (SSSR count). The fraction of sp³-hybridized carbons (Fsp3) is 0.167. The van der Waals surface area contributed by atoms with Crippen molar-refractivity contribution in [3.63, 3.8) is 0 Å². The van der Waals surface area contributed by atoms with Gasteiger partial charge in [0.05, 0.1) is 18.4 Å². The average Bonchev–Trinajstić information content (AvgIpc) is 2.38. The number of halogens is 1. The van der Waals surface area contributed by atoms with Crippen LogP contribution in [0.25, 0.3) is 11.3 Å². The molecule has 5 heteroatoms. The Morgan fingerprint density at radius 2 is 2.06 bits per heavy atom. The number of hydrogen-bond donors (Lipinski definition) is 1. The number of nitrogens with zero attached hydrogens (tertiary/aromatic N) is 2. The Morgan fingerprint density at radius 1 is 1.29 bits per heavy atom. The summed E-state index contributed by atoms with van der Waals surface area (Å²) in [6.45, 7) is 0.296. The van der Waals surface area contributed by atoms with Crippen molar-refractivity contribution in [2.75, 3.05) is 7.11 Å². The molecule has 0 radical (unpaired) electrons. The molecule has 1 heterocycles. The summed E-state index contributed by atoms with van der Waals surface area (Å²) < 4.78 is 5.16. The molecule has 0 aliphatic heterocycles. The zero-order valence-corrected chi connectivity index (χ0v) is 10.1. The standard InChI is InChI=1S/C12H12ClN3O/c1-17-12-9(6-14)11(15-7-16-12)8-4-2-3-5-10(8)13/h2-5,7H,6,14H2,1H3. The van der Waals surface area contributed by atoms with Gasteiger partial charge in [-0.15, -0.1) is 0 Å². The van der Waals surface area contributed by atoms with Gasteiger partial charge in [0.2, 0.25) is 5.88 Å². The Balaban J connectivity index is 2.63. The van der Waals surface area contributed by atoms with E-state index in [0.29, 0.717) is 23.1 Å². The molecule has 17 heavy (non-hydrogen) atoms. The van der Waals surface area contributed by atoms with Crippen LogP contribution < -0.4 is 10.5 Å². The Labute approximate surface area is 104 Å². The van der Waals surface area contributed by atoms with E-state index in [1.54, 1.807) is 7.11 Å². The maximum absolute atomic E-state index is 6.14. The highest BCUT2D eigenvalue weighted by atomic mass is 35.5. The van der Waals surface area contributed by atoms with Gasteiger partial charge in [-0.3, -0.25) is 0 Å². The summed E-state index contributed by atoms with van der Waals surface area (Å²) in [5, 5.41) is 0.628. The van der Waals surface area contributed by atoms with E-state index in [1.165, 1.54) is 6.33 Å². The van der Waals surface area contributed by atoms with Crippen molar-refractivity contribution in [3.05, 3.63) is 41.2 Å². The van der Waals surface area contributed by atoms with Crippen molar-refractivity contribution in [1.82, 2.24) is 9.97 Å². The van der Waals surface area contributed by atoms with Gasteiger partial charge in [-0.1, -0.05) is 29.8 Å². The van der Waals surface area contributed by atoms with Crippen LogP contribution in [0.15, 0.2) is 30.6 Å². The molecule has 0 spiro atoms. The first-order valence-electron chi connectivity index (χ1n) is 5.10. The Kier molecular flexibility index (Phi) is 3.56. The van der Waals surface area contributed by atoms with Gasteiger partial charge in [-0.05, 0) is 6.07 Å². The van der Waals surface area contributed by atoms with Crippen LogP contribution in [-0.2, 0) is 6.54 Å². The average molecular weight is 250 g/mol. The van der Waals surface area contributed by atoms with E-state index in [1.807, 2.05) is 24.3 Å². The third kappa shape index (κ3) is 2.23. The van der Waals surface area contributed by atoms with Crippen molar-refractivity contribution < 1.29 is 4.74 Å². The fourth-order valence-corrected chi connectivity index (χ4v) is 1.87. The van der Waals surface area contributed by atoms with Crippen molar-refractivity contribution in [2.24, 2.45) is 5.73 Å². The summed E-state index contributed by atoms with van der Waals surface area (Å²) in [5.74, 6) is 0.484. The highest BCUT2D eigenvalue weighted by Crippen LogP contribution is 2.31. The first-order valence-corrected chi connectivity index (χ1v) is 5.48. The number of nitrogens with two attached hydrogens (primary N) is 1. The Hall–Kier alpha value is -1.65. The van der Waals surface area contributed by atoms with Crippen LogP contribution in [-0.4, -0.2) is 17.1 Å². The normalized spacial score (nSPS) is 10.3. The highest BCUT2D eigenvalue weighted by Gasteiger charge is 2.14. The third-order valence-electron chi connectivity index (χ3n) is 2.43. The summed E-state index contributed by atoms with van der Waals surface area (Å²) in [6, 6.07) is 7.47. The molecule has 0 aliphatic rings. The van der Waals surface area contributed by atoms with Crippen LogP contribution in [0.3, 0.4) is 0 Å². The minimum atomic E-state index is 0.296. The molecule has 0 atom stereocenters. The van der Waals surface area contributed by atoms with Gasteiger partial charge in [-0.25, -0.2) is 9.97 Å². The summed E-state index contributed by atoms with van der Waals surface area (Å²) in [4.78, 5) is 8.26. The highest BCUT2D eigenvalue weighted by molar-refractivity contribution is 6.33. The molecule has 0 saturated heterocycles. The van der Waals surface area contributed by atoms with Crippen molar-refractivity contribution >= 4 is 11.6 Å². The minimum absolute atomic E-state index is 0.296. The third-order valence-corrected chi connectivity index (χ3v) is 2.76. The van der Waals surface area contributed by atoms with Crippen molar-refractivity contribution in [3.8, 4) is 17.1 Å². The quantitative estimate of drug-likeness (QED) is 0.907. The summed E-state index contributed by atoms with van der Waals surface area (Å²) in [7, 11) is 1.55. The number of hydrogen-bond acceptors (Lipinski definition) is 4. The van der Waals surface area contributed by atoms with E-state index in [2.05, 4.69) is 9.97 Å². The van der Waals surface area contributed by atoms with Gasteiger partial charge in [0, 0.05) is 17.1 Å². The molecule has 0 aliphatic carbocycles. The second-order valence-electron chi connectivity index (χ2n) is 3.39. The van der Waals surface area contributed by atoms with Gasteiger partial charge in [0.1, 0.15) is 6.33 Å². The van der Waals surface area contributed by atoms with Crippen molar-refractivity contribution in [2.45, 2.75) is 6.54 Å². The largest absolute Gasteiger partial charge is 0.481 e. The van der Waals surface area contributed by atoms with Crippen LogP contribution in [0.4, 0.5) is 0 Å². The molecule has 0 unspecified atom stereocenters. The Morgan fingerprint density at radius 3 is 2.71 bits per heavy atom. The topological polar surface area (TPSA) is 61.0 Å². The monoisotopic (exact) mass is 249 g/mol. The van der Waals surface area contributed by atoms with Gasteiger partial charge < -0.3 is 10.5 Å². The summed E-state index contributed by atoms with van der Waals surface area (Å²) >= 11 is 6.14. The lowest BCUT2D eigenvalue weighted by Gasteiger charge is -2.11. The first kappa shape index (κ1) is 11.8. The zero-order chi connectivity index (χ0) is 12.3. The van der Waals surface area contributed by atoms with Gasteiger partial charge in [-0.2, -0.15) is 0 Å². The number of methoxy groups -OCH3 is 1. The second-order valence-corrected chi connectivity index (χ2v) is 3.80. The van der Waals surface area contributed by atoms with E-state index in [0.717, 1.165) is 11.1 Å². The van der Waals surface area contributed by atoms with E-state index >= 15 is 0 Å². The zero-order valence-electron chi connectivity index (χ0n) is 9.35. The number of ether oxygens (including phenoxy) is 1. The lowest BCUT2D eigenvalue weighted by atomic mass is 10.1. The van der Waals surface area contributed by atoms with Crippen LogP contribution in [0, 0.1) is 0 Å². The molecule has 0 fully saturated rings. The molecule has 88 valence electrons. The van der Waals surface area contributed by atoms with E-state index in [9.17, 15) is 0 Å². The van der Waals surface area contributed by atoms with Crippen molar-refractivity contribution in [1.29, 1.82) is 0 Å². The van der Waals surface area contributed by atoms with Gasteiger partial charge in [0.25, 0.3) is 0 Å². The lowest BCUT2D eigenvalue weighted by Crippen LogP contribution is -2.05. The SMILES string of the molecule is COc1ncnc(-c2ccccc2Cl)c1CN. The number of rotatable bonds is 3. The minimum Gasteiger partial charge on any atom is -0.481 e. The molecule has 2 N–H and O–H groups in total. The lowest BCUT2D eigenvalue weighted by molar-refractivity contribution is 0.392. The Bertz CT molecular complexity index is 531. The van der Waals surface area contributed by atoms with Gasteiger partial charge in [0.15, 0.2) is 0 Å². The van der Waals surface area contributed by atoms with Crippen LogP contribution in [0.5, 0.6) is 5.88 Å². The number of aromatic nitrogens is 2. The first-order chi connectivity index (χ1) is 8.27. The molecular weight excluding hydrogens is 238 g/mol. The van der Waals surface area contributed by atoms with E-state index in [4.69, 9.17) is 22.1 Å². The molecule has 0 amide bonds. The van der Waals surface area contributed by atoms with Crippen LogP contribution in [0.1, 0.15) is 5.56 Å². The molecule has 1 aromatic heterocycles. The molecule has 0 saturated carbocycles. The van der Waals surface area contributed by atoms with E-state index < -0.39 is 0 Å².